The van der Waals surface area contributed by atoms with E-state index in [0.717, 1.165) is 11.3 Å². The number of nitrogens with zero attached hydrogens (tertiary/aromatic N) is 1. The third-order valence-corrected chi connectivity index (χ3v) is 2.73. The minimum atomic E-state index is -1.03. The van der Waals surface area contributed by atoms with Crippen molar-refractivity contribution in [3.8, 4) is 5.75 Å². The van der Waals surface area contributed by atoms with E-state index in [9.17, 15) is 9.59 Å². The average molecular weight is 265 g/mol. The van der Waals surface area contributed by atoms with Crippen molar-refractivity contribution in [1.29, 1.82) is 0 Å². The number of ether oxygens (including phenoxy) is 1. The highest BCUT2D eigenvalue weighted by Crippen LogP contribution is 2.15. The summed E-state index contributed by atoms with van der Waals surface area (Å²) in [5.41, 5.74) is 0.445. The Morgan fingerprint density at radius 1 is 1.32 bits per heavy atom. The molecule has 1 rings (SSSR count). The molecule has 1 atom stereocenters. The second kappa shape index (κ2) is 6.78. The first-order chi connectivity index (χ1) is 8.93. The molecule has 0 bridgehead atoms. The number of benzene rings is 1. The zero-order valence-corrected chi connectivity index (χ0v) is 11.4. The lowest BCUT2D eigenvalue weighted by Gasteiger charge is -2.16. The third-order valence-electron chi connectivity index (χ3n) is 2.73. The Kier molecular flexibility index (Phi) is 5.36. The molecule has 5 heteroatoms. The molecule has 0 saturated carbocycles. The normalized spacial score (nSPS) is 11.7. The maximum atomic E-state index is 11.9. The van der Waals surface area contributed by atoms with Gasteiger partial charge in [0, 0.05) is 12.6 Å². The van der Waals surface area contributed by atoms with Crippen LogP contribution in [0.15, 0.2) is 24.3 Å². The van der Waals surface area contributed by atoms with Gasteiger partial charge in [-0.15, -0.1) is 0 Å². The Balaban J connectivity index is 2.70. The van der Waals surface area contributed by atoms with Crippen LogP contribution in [0.4, 0.5) is 0 Å². The maximum absolute atomic E-state index is 11.9. The summed E-state index contributed by atoms with van der Waals surface area (Å²) >= 11 is 0. The van der Waals surface area contributed by atoms with E-state index in [2.05, 4.69) is 0 Å². The molecule has 0 aliphatic heterocycles. The van der Waals surface area contributed by atoms with Crippen LogP contribution in [0.3, 0.4) is 0 Å². The summed E-state index contributed by atoms with van der Waals surface area (Å²) in [5.74, 6) is -0.656. The van der Waals surface area contributed by atoms with Crippen LogP contribution in [0.5, 0.6) is 5.75 Å². The fourth-order valence-electron chi connectivity index (χ4n) is 1.49. The summed E-state index contributed by atoms with van der Waals surface area (Å²) < 4.78 is 5.60. The van der Waals surface area contributed by atoms with Gasteiger partial charge >= 0.3 is 5.97 Å². The third kappa shape index (κ3) is 4.62. The number of carbonyl (C=O) groups is 2. The molecule has 0 aliphatic rings. The fourth-order valence-corrected chi connectivity index (χ4v) is 1.49. The molecule has 1 unspecified atom stereocenters. The summed E-state index contributed by atoms with van der Waals surface area (Å²) in [6.45, 7) is 3.69. The van der Waals surface area contributed by atoms with Crippen LogP contribution in [0.1, 0.15) is 30.6 Å². The number of amides is 1. The van der Waals surface area contributed by atoms with Crippen LogP contribution in [0, 0.1) is 0 Å². The second-order valence-electron chi connectivity index (χ2n) is 4.42. The van der Waals surface area contributed by atoms with Crippen molar-refractivity contribution >= 4 is 11.9 Å². The number of hydrogen-bond acceptors (Lipinski definition) is 3. The molecule has 19 heavy (non-hydrogen) atoms. The maximum Gasteiger partial charge on any atom is 0.323 e. The predicted molar refractivity (Wildman–Crippen MR) is 71.4 cm³/mol. The van der Waals surface area contributed by atoms with Gasteiger partial charge in [-0.05, 0) is 37.6 Å². The van der Waals surface area contributed by atoms with Crippen LogP contribution < -0.4 is 4.74 Å². The van der Waals surface area contributed by atoms with E-state index in [4.69, 9.17) is 9.84 Å². The SMILES string of the molecule is CCC(C)Oc1ccc(C(=O)N(C)CC(=O)O)cc1. The summed E-state index contributed by atoms with van der Waals surface area (Å²) in [6, 6.07) is 6.71. The van der Waals surface area contributed by atoms with Crippen molar-refractivity contribution in [2.75, 3.05) is 13.6 Å². The molecule has 1 N–H and O–H groups in total. The van der Waals surface area contributed by atoms with Gasteiger partial charge in [0.2, 0.25) is 0 Å². The molecule has 0 aromatic heterocycles. The van der Waals surface area contributed by atoms with Gasteiger partial charge in [0.1, 0.15) is 12.3 Å². The number of likely N-dealkylation sites (N-methyl/N-ethyl adjacent to an activating group) is 1. The minimum Gasteiger partial charge on any atom is -0.491 e. The lowest BCUT2D eigenvalue weighted by Crippen LogP contribution is -2.31. The zero-order valence-electron chi connectivity index (χ0n) is 11.4. The standard InChI is InChI=1S/C14H19NO4/c1-4-10(2)19-12-7-5-11(6-8-12)14(18)15(3)9-13(16)17/h5-8,10H,4,9H2,1-3H3,(H,16,17). The Morgan fingerprint density at radius 2 is 1.89 bits per heavy atom. The Labute approximate surface area is 112 Å². The summed E-state index contributed by atoms with van der Waals surface area (Å²) in [6.07, 6.45) is 1.03. The largest absolute Gasteiger partial charge is 0.491 e. The first-order valence-corrected chi connectivity index (χ1v) is 6.18. The number of carboxylic acids is 1. The fraction of sp³-hybridized carbons (Fsp3) is 0.429. The van der Waals surface area contributed by atoms with Crippen molar-refractivity contribution in [2.45, 2.75) is 26.4 Å². The predicted octanol–water partition coefficient (Wildman–Crippen LogP) is 2.02. The Morgan fingerprint density at radius 3 is 2.37 bits per heavy atom. The Hall–Kier alpha value is -2.04. The number of carbonyl (C=O) groups excluding carboxylic acids is 1. The van der Waals surface area contributed by atoms with Gasteiger partial charge < -0.3 is 14.7 Å². The van der Waals surface area contributed by atoms with E-state index >= 15 is 0 Å². The number of hydrogen-bond donors (Lipinski definition) is 1. The molecule has 0 radical (unpaired) electrons. The molecule has 104 valence electrons. The average Bonchev–Trinajstić information content (AvgIpc) is 2.37. The lowest BCUT2D eigenvalue weighted by molar-refractivity contribution is -0.137. The van der Waals surface area contributed by atoms with E-state index in [-0.39, 0.29) is 18.6 Å². The quantitative estimate of drug-likeness (QED) is 0.854. The first-order valence-electron chi connectivity index (χ1n) is 6.18. The number of aliphatic carboxylic acids is 1. The van der Waals surface area contributed by atoms with E-state index < -0.39 is 5.97 Å². The van der Waals surface area contributed by atoms with Gasteiger partial charge in [0.05, 0.1) is 6.10 Å². The topological polar surface area (TPSA) is 66.8 Å². The van der Waals surface area contributed by atoms with Gasteiger partial charge in [-0.1, -0.05) is 6.92 Å². The van der Waals surface area contributed by atoms with E-state index in [1.54, 1.807) is 24.3 Å². The van der Waals surface area contributed by atoms with Gasteiger partial charge in [0.25, 0.3) is 5.91 Å². The monoisotopic (exact) mass is 265 g/mol. The molecule has 0 aliphatic carbocycles. The van der Waals surface area contributed by atoms with Gasteiger partial charge in [-0.3, -0.25) is 9.59 Å². The summed E-state index contributed by atoms with van der Waals surface area (Å²) in [7, 11) is 1.46. The molecule has 5 nitrogen and oxygen atoms in total. The van der Waals surface area contributed by atoms with Gasteiger partial charge in [-0.2, -0.15) is 0 Å². The van der Waals surface area contributed by atoms with Gasteiger partial charge in [-0.25, -0.2) is 0 Å². The molecule has 0 spiro atoms. The van der Waals surface area contributed by atoms with Crippen LogP contribution in [-0.2, 0) is 4.79 Å². The highest BCUT2D eigenvalue weighted by atomic mass is 16.5. The van der Waals surface area contributed by atoms with Crippen molar-refractivity contribution < 1.29 is 19.4 Å². The van der Waals surface area contributed by atoms with Crippen LogP contribution in [0.25, 0.3) is 0 Å². The first kappa shape index (κ1) is 15.0. The highest BCUT2D eigenvalue weighted by Gasteiger charge is 2.14. The van der Waals surface area contributed by atoms with E-state index in [1.165, 1.54) is 7.05 Å². The Bertz CT molecular complexity index is 441. The molecular weight excluding hydrogens is 246 g/mol. The minimum absolute atomic E-state index is 0.122. The highest BCUT2D eigenvalue weighted by molar-refractivity contribution is 5.95. The summed E-state index contributed by atoms with van der Waals surface area (Å²) in [5, 5.41) is 8.64. The van der Waals surface area contributed by atoms with Crippen molar-refractivity contribution in [3.05, 3.63) is 29.8 Å². The molecule has 1 amide bonds. The molecule has 0 fully saturated rings. The second-order valence-corrected chi connectivity index (χ2v) is 4.42. The van der Waals surface area contributed by atoms with E-state index in [1.807, 2.05) is 13.8 Å². The van der Waals surface area contributed by atoms with Crippen molar-refractivity contribution in [3.63, 3.8) is 0 Å². The molecule has 0 heterocycles. The number of carboxylic acid groups (broad SMARTS) is 1. The molecular formula is C14H19NO4. The van der Waals surface area contributed by atoms with Crippen LogP contribution >= 0.6 is 0 Å². The number of rotatable bonds is 6. The molecule has 0 saturated heterocycles. The molecule has 1 aromatic carbocycles. The van der Waals surface area contributed by atoms with E-state index in [0.29, 0.717) is 11.3 Å². The van der Waals surface area contributed by atoms with Crippen LogP contribution in [0.2, 0.25) is 0 Å². The summed E-state index contributed by atoms with van der Waals surface area (Å²) in [4.78, 5) is 23.6. The molecule has 1 aromatic rings. The zero-order chi connectivity index (χ0) is 14.4. The van der Waals surface area contributed by atoms with Crippen molar-refractivity contribution in [1.82, 2.24) is 4.90 Å². The van der Waals surface area contributed by atoms with Crippen molar-refractivity contribution in [2.24, 2.45) is 0 Å². The lowest BCUT2D eigenvalue weighted by atomic mass is 10.2. The van der Waals surface area contributed by atoms with Gasteiger partial charge in [0.15, 0.2) is 0 Å². The smallest absolute Gasteiger partial charge is 0.323 e. The van der Waals surface area contributed by atoms with Crippen LogP contribution in [-0.4, -0.2) is 41.6 Å².